The third-order valence-corrected chi connectivity index (χ3v) is 4.11. The lowest BCUT2D eigenvalue weighted by atomic mass is 10.1. The van der Waals surface area contributed by atoms with Crippen molar-refractivity contribution in [1.82, 2.24) is 20.4 Å². The van der Waals surface area contributed by atoms with Crippen molar-refractivity contribution in [3.8, 4) is 11.8 Å². The van der Waals surface area contributed by atoms with E-state index in [1.165, 1.54) is 16.8 Å². The molecule has 1 aromatic heterocycles. The van der Waals surface area contributed by atoms with E-state index >= 15 is 0 Å². The summed E-state index contributed by atoms with van der Waals surface area (Å²) in [6.45, 7) is 7.27. The summed E-state index contributed by atoms with van der Waals surface area (Å²) < 4.78 is 19.9. The van der Waals surface area contributed by atoms with Crippen molar-refractivity contribution in [2.75, 3.05) is 38.6 Å². The van der Waals surface area contributed by atoms with Gasteiger partial charge in [-0.05, 0) is 51.0 Å². The van der Waals surface area contributed by atoms with Crippen molar-refractivity contribution in [2.24, 2.45) is 4.99 Å². The predicted molar refractivity (Wildman–Crippen MR) is 127 cm³/mol. The topological polar surface area (TPSA) is 113 Å². The fourth-order valence-electron chi connectivity index (χ4n) is 2.72. The van der Waals surface area contributed by atoms with Crippen LogP contribution in [0.4, 0.5) is 10.2 Å². The number of ether oxygens (including phenoxy) is 1. The van der Waals surface area contributed by atoms with Crippen LogP contribution in [0.5, 0.6) is 0 Å². The number of aliphatic imine (C=N–C) groups is 1. The molecule has 0 bridgehead atoms. The molecule has 164 valence electrons. The quantitative estimate of drug-likeness (QED) is 0.189. The van der Waals surface area contributed by atoms with Crippen molar-refractivity contribution in [1.29, 1.82) is 5.26 Å². The Morgan fingerprint density at radius 1 is 1.30 bits per heavy atom. The Bertz CT molecular complexity index is 846. The number of rotatable bonds is 10. The van der Waals surface area contributed by atoms with Crippen LogP contribution in [0, 0.1) is 17.1 Å². The average molecular weight is 529 g/mol. The first-order valence-corrected chi connectivity index (χ1v) is 9.74. The molecule has 1 heterocycles. The molecular weight excluding hydrogens is 500 g/mol. The molecule has 0 unspecified atom stereocenters. The van der Waals surface area contributed by atoms with Crippen LogP contribution in [0.15, 0.2) is 29.3 Å². The summed E-state index contributed by atoms with van der Waals surface area (Å²) in [6.07, 6.45) is 1.26. The molecule has 0 aliphatic heterocycles. The fraction of sp³-hybridized carbons (Fsp3) is 0.450. The maximum absolute atomic E-state index is 13.2. The van der Waals surface area contributed by atoms with Gasteiger partial charge in [0.05, 0.1) is 18.0 Å². The average Bonchev–Trinajstić information content (AvgIpc) is 3.04. The molecule has 2 aromatic rings. The minimum Gasteiger partial charge on any atom is -0.382 e. The summed E-state index contributed by atoms with van der Waals surface area (Å²) in [5, 5.41) is 20.3. The number of aromatic nitrogens is 2. The van der Waals surface area contributed by atoms with Crippen LogP contribution in [-0.4, -0.2) is 48.6 Å². The lowest BCUT2D eigenvalue weighted by Gasteiger charge is -2.11. The zero-order chi connectivity index (χ0) is 21.1. The van der Waals surface area contributed by atoms with Gasteiger partial charge < -0.3 is 21.1 Å². The Hall–Kier alpha value is -2.39. The van der Waals surface area contributed by atoms with E-state index in [1.807, 2.05) is 13.8 Å². The van der Waals surface area contributed by atoms with Gasteiger partial charge >= 0.3 is 0 Å². The maximum atomic E-state index is 13.2. The van der Waals surface area contributed by atoms with Crippen molar-refractivity contribution < 1.29 is 9.13 Å². The number of anilines is 1. The third kappa shape index (κ3) is 7.46. The van der Waals surface area contributed by atoms with E-state index in [0.717, 1.165) is 12.5 Å². The molecule has 0 spiro atoms. The van der Waals surface area contributed by atoms with Gasteiger partial charge in [0.25, 0.3) is 0 Å². The van der Waals surface area contributed by atoms with E-state index in [1.54, 1.807) is 12.1 Å². The van der Waals surface area contributed by atoms with Crippen LogP contribution < -0.4 is 16.4 Å². The van der Waals surface area contributed by atoms with Gasteiger partial charge in [-0.15, -0.1) is 24.0 Å². The first-order chi connectivity index (χ1) is 14.1. The molecular formula is C20H29FIN7O. The second-order valence-electron chi connectivity index (χ2n) is 6.19. The van der Waals surface area contributed by atoms with Gasteiger partial charge in [0, 0.05) is 26.2 Å². The van der Waals surface area contributed by atoms with E-state index in [2.05, 4.69) is 26.8 Å². The number of hydrogen-bond acceptors (Lipinski definition) is 5. The molecule has 0 atom stereocenters. The van der Waals surface area contributed by atoms with Gasteiger partial charge in [-0.1, -0.05) is 0 Å². The molecule has 0 amide bonds. The molecule has 0 radical (unpaired) electrons. The van der Waals surface area contributed by atoms with E-state index in [-0.39, 0.29) is 35.6 Å². The Kier molecular flexibility index (Phi) is 11.8. The molecule has 0 saturated heterocycles. The van der Waals surface area contributed by atoms with Crippen LogP contribution in [-0.2, 0) is 11.2 Å². The molecule has 0 aliphatic carbocycles. The Labute approximate surface area is 193 Å². The lowest BCUT2D eigenvalue weighted by molar-refractivity contribution is 0.152. The smallest absolute Gasteiger partial charge is 0.191 e. The Morgan fingerprint density at radius 2 is 2.03 bits per heavy atom. The zero-order valence-electron chi connectivity index (χ0n) is 17.3. The maximum Gasteiger partial charge on any atom is 0.191 e. The summed E-state index contributed by atoms with van der Waals surface area (Å²) >= 11 is 0. The largest absolute Gasteiger partial charge is 0.382 e. The van der Waals surface area contributed by atoms with Gasteiger partial charge in [0.2, 0.25) is 0 Å². The minimum absolute atomic E-state index is 0. The monoisotopic (exact) mass is 529 g/mol. The number of benzene rings is 1. The van der Waals surface area contributed by atoms with Gasteiger partial charge in [-0.25, -0.2) is 9.07 Å². The highest BCUT2D eigenvalue weighted by Gasteiger charge is 2.16. The number of halogens is 2. The van der Waals surface area contributed by atoms with Gasteiger partial charge in [0.1, 0.15) is 23.3 Å². The summed E-state index contributed by atoms with van der Waals surface area (Å²) in [5.74, 6) is 0.636. The predicted octanol–water partition coefficient (Wildman–Crippen LogP) is 2.61. The number of nitrogens with zero attached hydrogens (tertiary/aromatic N) is 4. The molecule has 0 aliphatic rings. The first-order valence-electron chi connectivity index (χ1n) is 9.74. The van der Waals surface area contributed by atoms with Crippen molar-refractivity contribution in [3.63, 3.8) is 0 Å². The van der Waals surface area contributed by atoms with Crippen LogP contribution in [0.25, 0.3) is 5.69 Å². The van der Waals surface area contributed by atoms with E-state index < -0.39 is 0 Å². The van der Waals surface area contributed by atoms with Gasteiger partial charge in [-0.3, -0.25) is 4.99 Å². The highest BCUT2D eigenvalue weighted by molar-refractivity contribution is 14.0. The Morgan fingerprint density at radius 3 is 2.67 bits per heavy atom. The molecule has 4 N–H and O–H groups in total. The zero-order valence-corrected chi connectivity index (χ0v) is 19.7. The van der Waals surface area contributed by atoms with Crippen molar-refractivity contribution >= 4 is 35.8 Å². The summed E-state index contributed by atoms with van der Waals surface area (Å²) in [7, 11) is 0. The molecule has 10 heteroatoms. The third-order valence-electron chi connectivity index (χ3n) is 4.11. The second-order valence-corrected chi connectivity index (χ2v) is 6.19. The SMILES string of the molecule is CCNC(=NCCCc1nn(-c2ccc(F)cc2)c(N)c1C#N)NCCOCC.I. The van der Waals surface area contributed by atoms with Crippen LogP contribution in [0.2, 0.25) is 0 Å². The van der Waals surface area contributed by atoms with E-state index in [9.17, 15) is 9.65 Å². The standard InChI is InChI=1S/C20H28FN7O.HI/c1-3-24-20(26-12-13-29-4-2)25-11-5-6-18-17(14-22)19(23)28(27-18)16-9-7-15(21)8-10-16;/h7-10H,3-6,11-13,23H2,1-2H3,(H2,24,25,26);1H. The van der Waals surface area contributed by atoms with Crippen LogP contribution in [0.1, 0.15) is 31.5 Å². The van der Waals surface area contributed by atoms with Gasteiger partial charge in [0.15, 0.2) is 5.96 Å². The van der Waals surface area contributed by atoms with Crippen molar-refractivity contribution in [3.05, 3.63) is 41.3 Å². The fourth-order valence-corrected chi connectivity index (χ4v) is 2.72. The number of guanidine groups is 1. The van der Waals surface area contributed by atoms with Crippen molar-refractivity contribution in [2.45, 2.75) is 26.7 Å². The van der Waals surface area contributed by atoms with E-state index in [0.29, 0.717) is 56.1 Å². The number of hydrogen-bond donors (Lipinski definition) is 3. The normalized spacial score (nSPS) is 10.9. The highest BCUT2D eigenvalue weighted by Crippen LogP contribution is 2.21. The number of nitrogen functional groups attached to an aromatic ring is 1. The lowest BCUT2D eigenvalue weighted by Crippen LogP contribution is -2.39. The molecule has 30 heavy (non-hydrogen) atoms. The number of nitrogens with one attached hydrogen (secondary N) is 2. The van der Waals surface area contributed by atoms with Gasteiger partial charge in [-0.2, -0.15) is 10.4 Å². The number of nitriles is 1. The summed E-state index contributed by atoms with van der Waals surface area (Å²) in [5.41, 5.74) is 7.65. The number of nitrogens with two attached hydrogens (primary N) is 1. The van der Waals surface area contributed by atoms with Crippen LogP contribution >= 0.6 is 24.0 Å². The van der Waals surface area contributed by atoms with Crippen LogP contribution in [0.3, 0.4) is 0 Å². The number of aryl methyl sites for hydroxylation is 1. The molecule has 2 rings (SSSR count). The second kappa shape index (κ2) is 13.8. The first kappa shape index (κ1) is 25.6. The Balaban J connectivity index is 0.00000450. The molecule has 0 fully saturated rings. The molecule has 0 saturated carbocycles. The minimum atomic E-state index is -0.343. The molecule has 8 nitrogen and oxygen atoms in total. The summed E-state index contributed by atoms with van der Waals surface area (Å²) in [4.78, 5) is 4.53. The highest BCUT2D eigenvalue weighted by atomic mass is 127. The molecule has 1 aromatic carbocycles. The summed E-state index contributed by atoms with van der Waals surface area (Å²) in [6, 6.07) is 7.93. The van der Waals surface area contributed by atoms with E-state index in [4.69, 9.17) is 10.5 Å².